The van der Waals surface area contributed by atoms with Gasteiger partial charge in [0.1, 0.15) is 6.04 Å². The van der Waals surface area contributed by atoms with Crippen molar-refractivity contribution < 1.29 is 19.1 Å². The molecule has 30 heavy (non-hydrogen) atoms. The number of hydrogen-bond donors (Lipinski definition) is 2. The molecule has 0 aromatic carbocycles. The molecule has 0 radical (unpaired) electrons. The highest BCUT2D eigenvalue weighted by Crippen LogP contribution is 2.25. The number of thioether (sulfide) groups is 1. The van der Waals surface area contributed by atoms with Crippen LogP contribution in [0, 0.1) is 11.8 Å². The van der Waals surface area contributed by atoms with E-state index in [1.54, 1.807) is 11.8 Å². The van der Waals surface area contributed by atoms with Gasteiger partial charge in [0, 0.05) is 38.0 Å². The van der Waals surface area contributed by atoms with E-state index in [4.69, 9.17) is 4.74 Å². The van der Waals surface area contributed by atoms with Crippen molar-refractivity contribution in [3.63, 3.8) is 0 Å². The van der Waals surface area contributed by atoms with Crippen LogP contribution in [-0.2, 0) is 19.1 Å². The molecule has 0 aromatic heterocycles. The fourth-order valence-electron chi connectivity index (χ4n) is 4.26. The molecule has 2 saturated heterocycles. The fourth-order valence-corrected chi connectivity index (χ4v) is 5.37. The van der Waals surface area contributed by atoms with Crippen molar-refractivity contribution in [2.45, 2.75) is 70.4 Å². The smallest absolute Gasteiger partial charge is 0.309 e. The molecule has 8 nitrogen and oxygen atoms in total. The first kappa shape index (κ1) is 23.1. The molecule has 3 fully saturated rings. The lowest BCUT2D eigenvalue weighted by Gasteiger charge is -2.30. The van der Waals surface area contributed by atoms with Crippen LogP contribution in [0.2, 0.25) is 0 Å². The Morgan fingerprint density at radius 2 is 1.77 bits per heavy atom. The number of rotatable bonds is 6. The summed E-state index contributed by atoms with van der Waals surface area (Å²) in [6.45, 7) is 3.15. The van der Waals surface area contributed by atoms with Crippen molar-refractivity contribution in [3.05, 3.63) is 0 Å². The minimum atomic E-state index is -0.822. The zero-order valence-corrected chi connectivity index (χ0v) is 18.8. The highest BCUT2D eigenvalue weighted by Gasteiger charge is 2.36. The SMILES string of the molecule is C[C@H]1CS/C(=N\NC(=O)C(=O)[C@@H](NC(=O)C2CCCCCC2)C2CCOCC2)N1C. The monoisotopic (exact) mass is 438 g/mol. The molecule has 3 aliphatic rings. The summed E-state index contributed by atoms with van der Waals surface area (Å²) in [5.74, 6) is -0.762. The molecule has 1 aliphatic carbocycles. The van der Waals surface area contributed by atoms with Gasteiger partial charge in [-0.25, -0.2) is 5.43 Å². The summed E-state index contributed by atoms with van der Waals surface area (Å²) in [5.41, 5.74) is 2.41. The highest BCUT2D eigenvalue weighted by molar-refractivity contribution is 8.14. The van der Waals surface area contributed by atoms with Gasteiger partial charge in [0.05, 0.1) is 0 Å². The van der Waals surface area contributed by atoms with E-state index < -0.39 is 17.7 Å². The number of nitrogens with zero attached hydrogens (tertiary/aromatic N) is 2. The second kappa shape index (κ2) is 11.1. The molecule has 3 rings (SSSR count). The molecular formula is C21H34N4O4S. The van der Waals surface area contributed by atoms with Gasteiger partial charge < -0.3 is 15.0 Å². The predicted molar refractivity (Wildman–Crippen MR) is 117 cm³/mol. The van der Waals surface area contributed by atoms with Gasteiger partial charge in [0.15, 0.2) is 5.17 Å². The summed E-state index contributed by atoms with van der Waals surface area (Å²) in [7, 11) is 1.91. The molecular weight excluding hydrogens is 404 g/mol. The lowest BCUT2D eigenvalue weighted by atomic mass is 9.87. The number of carbonyl (C=O) groups excluding carboxylic acids is 3. The number of amidine groups is 1. The third-order valence-electron chi connectivity index (χ3n) is 6.44. The van der Waals surface area contributed by atoms with Gasteiger partial charge in [-0.05, 0) is 38.5 Å². The number of amides is 2. The Kier molecular flexibility index (Phi) is 8.56. The van der Waals surface area contributed by atoms with Crippen LogP contribution in [0.1, 0.15) is 58.3 Å². The van der Waals surface area contributed by atoms with Crippen molar-refractivity contribution in [2.24, 2.45) is 16.9 Å². The first-order valence-corrected chi connectivity index (χ1v) is 12.1. The Morgan fingerprint density at radius 1 is 1.10 bits per heavy atom. The molecule has 0 unspecified atom stereocenters. The Bertz CT molecular complexity index is 657. The van der Waals surface area contributed by atoms with Gasteiger partial charge in [-0.3, -0.25) is 14.4 Å². The third kappa shape index (κ3) is 5.97. The van der Waals surface area contributed by atoms with Crippen molar-refractivity contribution in [1.82, 2.24) is 15.6 Å². The summed E-state index contributed by atoms with van der Waals surface area (Å²) in [6, 6.07) is -0.493. The van der Waals surface area contributed by atoms with E-state index in [0.717, 1.165) is 44.3 Å². The Hall–Kier alpha value is -1.61. The molecule has 2 atom stereocenters. The van der Waals surface area contributed by atoms with Crippen molar-refractivity contribution in [1.29, 1.82) is 0 Å². The van der Waals surface area contributed by atoms with Crippen LogP contribution in [0.25, 0.3) is 0 Å². The first-order valence-electron chi connectivity index (χ1n) is 11.1. The van der Waals surface area contributed by atoms with Crippen LogP contribution >= 0.6 is 11.8 Å². The van der Waals surface area contributed by atoms with E-state index in [2.05, 4.69) is 22.8 Å². The van der Waals surface area contributed by atoms with Crippen molar-refractivity contribution in [3.8, 4) is 0 Å². The molecule has 0 spiro atoms. The standard InChI is InChI=1S/C21H34N4O4S/c1-14-13-30-21(25(14)2)24-23-20(28)18(26)17(15-9-11-29-12-10-15)22-19(27)16-7-5-3-4-6-8-16/h14-17H,3-13H2,1-2H3,(H,22,27)(H,23,28)/b24-21-/t14-,17-/m0/s1. The van der Waals surface area contributed by atoms with Crippen LogP contribution in [0.4, 0.5) is 0 Å². The Morgan fingerprint density at radius 3 is 2.37 bits per heavy atom. The lowest BCUT2D eigenvalue weighted by Crippen LogP contribution is -2.53. The molecule has 2 amide bonds. The summed E-state index contributed by atoms with van der Waals surface area (Å²) >= 11 is 1.54. The van der Waals surface area contributed by atoms with Crippen LogP contribution in [0.5, 0.6) is 0 Å². The largest absolute Gasteiger partial charge is 0.381 e. The number of Topliss-reactive ketones (excluding diaryl/α,β-unsaturated/α-hetero) is 1. The van der Waals surface area contributed by atoms with Gasteiger partial charge >= 0.3 is 5.91 Å². The number of nitrogens with one attached hydrogen (secondary N) is 2. The molecule has 1 saturated carbocycles. The third-order valence-corrected chi connectivity index (χ3v) is 7.72. The minimum absolute atomic E-state index is 0.0732. The van der Waals surface area contributed by atoms with Crippen LogP contribution in [-0.4, -0.2) is 65.8 Å². The maximum atomic E-state index is 13.0. The summed E-state index contributed by atoms with van der Waals surface area (Å²) in [6.07, 6.45) is 7.38. The number of ether oxygens (including phenoxy) is 1. The van der Waals surface area contributed by atoms with E-state index in [1.807, 2.05) is 11.9 Å². The van der Waals surface area contributed by atoms with Gasteiger partial charge in [-0.1, -0.05) is 37.4 Å². The van der Waals surface area contributed by atoms with Crippen LogP contribution in [0.3, 0.4) is 0 Å². The fraction of sp³-hybridized carbons (Fsp3) is 0.810. The zero-order valence-electron chi connectivity index (χ0n) is 18.0. The van der Waals surface area contributed by atoms with E-state index in [9.17, 15) is 14.4 Å². The number of hydrogen-bond acceptors (Lipinski definition) is 6. The topological polar surface area (TPSA) is 100 Å². The molecule has 2 aliphatic heterocycles. The van der Waals surface area contributed by atoms with E-state index in [-0.39, 0.29) is 17.7 Å². The Labute approximate surface area is 182 Å². The normalized spacial score (nSPS) is 26.3. The summed E-state index contributed by atoms with van der Waals surface area (Å²) in [5, 5.41) is 7.76. The molecule has 0 bridgehead atoms. The quantitative estimate of drug-likeness (QED) is 0.373. The molecule has 0 aromatic rings. The summed E-state index contributed by atoms with van der Waals surface area (Å²) in [4.78, 5) is 40.5. The molecule has 2 N–H and O–H groups in total. The lowest BCUT2D eigenvalue weighted by molar-refractivity contribution is -0.142. The zero-order chi connectivity index (χ0) is 21.5. The number of hydrazone groups is 1. The van der Waals surface area contributed by atoms with E-state index in [1.165, 1.54) is 0 Å². The second-order valence-corrected chi connectivity index (χ2v) is 9.58. The van der Waals surface area contributed by atoms with Crippen LogP contribution in [0.15, 0.2) is 5.10 Å². The second-order valence-electron chi connectivity index (χ2n) is 8.60. The average Bonchev–Trinajstić information content (AvgIpc) is 2.95. The van der Waals surface area contributed by atoms with Gasteiger partial charge in [0.2, 0.25) is 11.7 Å². The van der Waals surface area contributed by atoms with E-state index >= 15 is 0 Å². The summed E-state index contributed by atoms with van der Waals surface area (Å²) < 4.78 is 5.41. The van der Waals surface area contributed by atoms with Crippen molar-refractivity contribution in [2.75, 3.05) is 26.0 Å². The molecule has 2 heterocycles. The predicted octanol–water partition coefficient (Wildman–Crippen LogP) is 1.89. The van der Waals surface area contributed by atoms with Gasteiger partial charge in [0.25, 0.3) is 0 Å². The van der Waals surface area contributed by atoms with Crippen molar-refractivity contribution >= 4 is 34.5 Å². The van der Waals surface area contributed by atoms with Crippen LogP contribution < -0.4 is 10.7 Å². The number of ketones is 1. The van der Waals surface area contributed by atoms with Gasteiger partial charge in [-0.2, -0.15) is 0 Å². The van der Waals surface area contributed by atoms with E-state index in [0.29, 0.717) is 37.3 Å². The highest BCUT2D eigenvalue weighted by atomic mass is 32.2. The Balaban J connectivity index is 1.66. The number of carbonyl (C=O) groups is 3. The molecule has 168 valence electrons. The maximum Gasteiger partial charge on any atom is 0.309 e. The first-order chi connectivity index (χ1) is 14.5. The molecule has 9 heteroatoms. The minimum Gasteiger partial charge on any atom is -0.381 e. The average molecular weight is 439 g/mol. The van der Waals surface area contributed by atoms with Gasteiger partial charge in [-0.15, -0.1) is 5.10 Å². The maximum absolute atomic E-state index is 13.0.